The third-order valence-corrected chi connectivity index (χ3v) is 3.89. The molecular weight excluding hydrogens is 289 g/mol. The van der Waals surface area contributed by atoms with Gasteiger partial charge in [-0.25, -0.2) is 4.39 Å². The molecule has 0 aliphatic heterocycles. The normalized spacial score (nSPS) is 12.6. The highest BCUT2D eigenvalue weighted by Crippen LogP contribution is 2.23. The van der Waals surface area contributed by atoms with Gasteiger partial charge >= 0.3 is 0 Å². The monoisotopic (exact) mass is 307 g/mol. The van der Waals surface area contributed by atoms with Crippen molar-refractivity contribution in [1.29, 1.82) is 0 Å². The number of hydrogen-bond donors (Lipinski definition) is 1. The van der Waals surface area contributed by atoms with Gasteiger partial charge in [-0.15, -0.1) is 0 Å². The maximum Gasteiger partial charge on any atom is 0.142 e. The molecule has 0 radical (unpaired) electrons. The van der Waals surface area contributed by atoms with Crippen molar-refractivity contribution in [2.45, 2.75) is 12.5 Å². The largest absolute Gasteiger partial charge is 0.329 e. The lowest BCUT2D eigenvalue weighted by Gasteiger charge is -2.27. The molecule has 0 bridgehead atoms. The molecule has 3 nitrogen and oxygen atoms in total. The summed E-state index contributed by atoms with van der Waals surface area (Å²) >= 11 is 5.72. The average molecular weight is 308 g/mol. The molecule has 112 valence electrons. The summed E-state index contributed by atoms with van der Waals surface area (Å²) < 4.78 is 13.6. The van der Waals surface area contributed by atoms with E-state index in [-0.39, 0.29) is 11.1 Å². The van der Waals surface area contributed by atoms with Crippen LogP contribution in [-0.2, 0) is 6.42 Å². The third-order valence-electron chi connectivity index (χ3n) is 3.59. The summed E-state index contributed by atoms with van der Waals surface area (Å²) in [7, 11) is 1.99. The second-order valence-corrected chi connectivity index (χ2v) is 5.42. The van der Waals surface area contributed by atoms with Crippen LogP contribution in [0.15, 0.2) is 42.7 Å². The number of nitrogens with zero attached hydrogens (tertiary/aromatic N) is 2. The fraction of sp³-hybridized carbons (Fsp3) is 0.312. The van der Waals surface area contributed by atoms with Crippen LogP contribution in [0.1, 0.15) is 17.2 Å². The van der Waals surface area contributed by atoms with Crippen LogP contribution in [0.5, 0.6) is 0 Å². The van der Waals surface area contributed by atoms with Crippen LogP contribution in [0.2, 0.25) is 5.02 Å². The minimum atomic E-state index is -0.407. The molecule has 0 aliphatic carbocycles. The molecule has 0 spiro atoms. The molecule has 2 aromatic rings. The number of halogens is 2. The Balaban J connectivity index is 2.04. The molecule has 2 rings (SSSR count). The van der Waals surface area contributed by atoms with Crippen molar-refractivity contribution in [2.75, 3.05) is 20.1 Å². The van der Waals surface area contributed by atoms with Gasteiger partial charge in [-0.2, -0.15) is 0 Å². The second-order valence-electron chi connectivity index (χ2n) is 5.01. The Hall–Kier alpha value is -1.49. The fourth-order valence-corrected chi connectivity index (χ4v) is 2.42. The SMILES string of the molecule is CN(CCc1ccncc1)C(CN)c1ccc(Cl)c(F)c1. The van der Waals surface area contributed by atoms with E-state index in [9.17, 15) is 4.39 Å². The Morgan fingerprint density at radius 1 is 1.29 bits per heavy atom. The van der Waals surface area contributed by atoms with E-state index in [0.29, 0.717) is 6.54 Å². The molecular formula is C16H19ClFN3. The molecule has 1 aromatic carbocycles. The highest BCUT2D eigenvalue weighted by atomic mass is 35.5. The number of rotatable bonds is 6. The lowest BCUT2D eigenvalue weighted by Crippen LogP contribution is -2.32. The summed E-state index contributed by atoms with van der Waals surface area (Å²) in [5, 5.41) is 0.133. The summed E-state index contributed by atoms with van der Waals surface area (Å²) in [6.07, 6.45) is 4.46. The third kappa shape index (κ3) is 4.24. The van der Waals surface area contributed by atoms with E-state index in [0.717, 1.165) is 18.5 Å². The van der Waals surface area contributed by atoms with Crippen molar-refractivity contribution in [2.24, 2.45) is 5.73 Å². The number of pyridine rings is 1. The standard InChI is InChI=1S/C16H19ClFN3/c1-21(9-6-12-4-7-20-8-5-12)16(11-19)13-2-3-14(17)15(18)10-13/h2-5,7-8,10,16H,6,9,11,19H2,1H3. The number of hydrogen-bond acceptors (Lipinski definition) is 3. The fourth-order valence-electron chi connectivity index (χ4n) is 2.30. The first-order valence-electron chi connectivity index (χ1n) is 6.86. The predicted molar refractivity (Wildman–Crippen MR) is 83.8 cm³/mol. The van der Waals surface area contributed by atoms with Crippen molar-refractivity contribution >= 4 is 11.6 Å². The lowest BCUT2D eigenvalue weighted by atomic mass is 10.0. The number of likely N-dealkylation sites (N-methyl/N-ethyl adjacent to an activating group) is 1. The molecule has 1 unspecified atom stereocenters. The summed E-state index contributed by atoms with van der Waals surface area (Å²) in [5.74, 6) is -0.407. The van der Waals surface area contributed by atoms with Crippen molar-refractivity contribution in [3.63, 3.8) is 0 Å². The molecule has 21 heavy (non-hydrogen) atoms. The van der Waals surface area contributed by atoms with E-state index in [4.69, 9.17) is 17.3 Å². The topological polar surface area (TPSA) is 42.2 Å². The van der Waals surface area contributed by atoms with Crippen LogP contribution in [0, 0.1) is 5.82 Å². The molecule has 0 amide bonds. The van der Waals surface area contributed by atoms with E-state index in [1.807, 2.05) is 25.2 Å². The summed E-state index contributed by atoms with van der Waals surface area (Å²) in [5.41, 5.74) is 7.92. The molecule has 2 N–H and O–H groups in total. The molecule has 0 saturated heterocycles. The van der Waals surface area contributed by atoms with E-state index < -0.39 is 5.82 Å². The number of aromatic nitrogens is 1. The quantitative estimate of drug-likeness (QED) is 0.892. The van der Waals surface area contributed by atoms with Gasteiger partial charge in [-0.1, -0.05) is 17.7 Å². The van der Waals surface area contributed by atoms with Gasteiger partial charge < -0.3 is 5.73 Å². The van der Waals surface area contributed by atoms with Crippen molar-refractivity contribution in [3.05, 3.63) is 64.7 Å². The zero-order chi connectivity index (χ0) is 15.2. The number of benzene rings is 1. The molecule has 1 heterocycles. The zero-order valence-corrected chi connectivity index (χ0v) is 12.7. The first-order chi connectivity index (χ1) is 10.1. The van der Waals surface area contributed by atoms with Gasteiger partial charge in [-0.3, -0.25) is 9.88 Å². The Kier molecular flexibility index (Phi) is 5.67. The number of nitrogens with two attached hydrogens (primary N) is 1. The summed E-state index contributed by atoms with van der Waals surface area (Å²) in [4.78, 5) is 6.13. The highest BCUT2D eigenvalue weighted by molar-refractivity contribution is 6.30. The minimum Gasteiger partial charge on any atom is -0.329 e. The van der Waals surface area contributed by atoms with Gasteiger partial charge in [0.15, 0.2) is 0 Å². The maximum absolute atomic E-state index is 13.6. The minimum absolute atomic E-state index is 0.0291. The maximum atomic E-state index is 13.6. The Bertz CT molecular complexity index is 577. The Labute approximate surface area is 129 Å². The van der Waals surface area contributed by atoms with E-state index in [2.05, 4.69) is 9.88 Å². The van der Waals surface area contributed by atoms with Gasteiger partial charge in [0.1, 0.15) is 5.82 Å². The molecule has 0 aliphatic rings. The first kappa shape index (κ1) is 15.9. The van der Waals surface area contributed by atoms with E-state index in [1.54, 1.807) is 18.5 Å². The van der Waals surface area contributed by atoms with Gasteiger partial charge in [0, 0.05) is 31.5 Å². The molecule has 1 atom stereocenters. The molecule has 0 fully saturated rings. The zero-order valence-electron chi connectivity index (χ0n) is 12.0. The molecule has 0 saturated carbocycles. The predicted octanol–water partition coefficient (Wildman–Crippen LogP) is 3.05. The smallest absolute Gasteiger partial charge is 0.142 e. The van der Waals surface area contributed by atoms with Crippen molar-refractivity contribution < 1.29 is 4.39 Å². The van der Waals surface area contributed by atoms with E-state index >= 15 is 0 Å². The van der Waals surface area contributed by atoms with Crippen LogP contribution in [0.25, 0.3) is 0 Å². The van der Waals surface area contributed by atoms with Crippen LogP contribution in [-0.4, -0.2) is 30.0 Å². The average Bonchev–Trinajstić information content (AvgIpc) is 2.50. The van der Waals surface area contributed by atoms with Gasteiger partial charge in [0.2, 0.25) is 0 Å². The first-order valence-corrected chi connectivity index (χ1v) is 7.23. The molecule has 1 aromatic heterocycles. The summed E-state index contributed by atoms with van der Waals surface area (Å²) in [6.45, 7) is 1.25. The van der Waals surface area contributed by atoms with E-state index in [1.165, 1.54) is 11.6 Å². The van der Waals surface area contributed by atoms with Crippen molar-refractivity contribution in [3.8, 4) is 0 Å². The highest BCUT2D eigenvalue weighted by Gasteiger charge is 2.16. The van der Waals surface area contributed by atoms with Crippen LogP contribution in [0.4, 0.5) is 4.39 Å². The van der Waals surface area contributed by atoms with Gasteiger partial charge in [0.25, 0.3) is 0 Å². The Morgan fingerprint density at radius 2 is 2.00 bits per heavy atom. The van der Waals surface area contributed by atoms with Gasteiger partial charge in [-0.05, 0) is 48.9 Å². The molecule has 5 heteroatoms. The Morgan fingerprint density at radius 3 is 2.62 bits per heavy atom. The summed E-state index contributed by atoms with van der Waals surface area (Å²) in [6, 6.07) is 8.82. The van der Waals surface area contributed by atoms with Crippen molar-refractivity contribution in [1.82, 2.24) is 9.88 Å². The second kappa shape index (κ2) is 7.50. The van der Waals surface area contributed by atoms with Crippen LogP contribution in [0.3, 0.4) is 0 Å². The van der Waals surface area contributed by atoms with Gasteiger partial charge in [0.05, 0.1) is 5.02 Å². The van der Waals surface area contributed by atoms with Crippen LogP contribution < -0.4 is 5.73 Å². The lowest BCUT2D eigenvalue weighted by molar-refractivity contribution is 0.253. The van der Waals surface area contributed by atoms with Crippen LogP contribution >= 0.6 is 11.6 Å².